The van der Waals surface area contributed by atoms with Gasteiger partial charge in [0.25, 0.3) is 0 Å². The van der Waals surface area contributed by atoms with Crippen LogP contribution in [0.25, 0.3) is 11.2 Å². The molecule has 0 unspecified atom stereocenters. The summed E-state index contributed by atoms with van der Waals surface area (Å²) in [6.07, 6.45) is -1.72. The van der Waals surface area contributed by atoms with E-state index >= 15 is 0 Å². The van der Waals surface area contributed by atoms with E-state index in [1.807, 2.05) is 6.92 Å². The lowest BCUT2D eigenvalue weighted by molar-refractivity contribution is -0.140. The number of hydrogen-bond acceptors (Lipinski definition) is 7. The zero-order valence-corrected chi connectivity index (χ0v) is 19.4. The lowest BCUT2D eigenvalue weighted by atomic mass is 10.1. The summed E-state index contributed by atoms with van der Waals surface area (Å²) in [5, 5.41) is 3.26. The number of aromatic nitrogens is 4. The van der Waals surface area contributed by atoms with E-state index in [4.69, 9.17) is 9.47 Å². The predicted molar refractivity (Wildman–Crippen MR) is 122 cm³/mol. The van der Waals surface area contributed by atoms with Crippen molar-refractivity contribution >= 4 is 17.0 Å². The van der Waals surface area contributed by atoms with Crippen LogP contribution in [-0.2, 0) is 17.5 Å². The maximum Gasteiger partial charge on any atom is 0.419 e. The highest BCUT2D eigenvalue weighted by Crippen LogP contribution is 2.35. The van der Waals surface area contributed by atoms with Gasteiger partial charge in [-0.2, -0.15) is 23.1 Å². The molecule has 12 heteroatoms. The number of morpholine rings is 1. The molecule has 1 N–H and O–H groups in total. The van der Waals surface area contributed by atoms with Crippen LogP contribution in [0.5, 0.6) is 6.01 Å². The molecule has 0 spiro atoms. The first kappa shape index (κ1) is 25.1. The molecule has 0 bridgehead atoms. The van der Waals surface area contributed by atoms with Gasteiger partial charge in [0, 0.05) is 26.2 Å². The number of unbranched alkanes of at least 4 members (excludes halogenated alkanes) is 1. The van der Waals surface area contributed by atoms with Gasteiger partial charge in [-0.25, -0.2) is 9.37 Å². The molecular formula is C23H28F4N6O2. The molecule has 0 atom stereocenters. The molecule has 1 aliphatic rings. The first-order valence-electron chi connectivity index (χ1n) is 11.6. The average Bonchev–Trinajstić information content (AvgIpc) is 3.22. The Morgan fingerprint density at radius 1 is 1.17 bits per heavy atom. The van der Waals surface area contributed by atoms with Crippen molar-refractivity contribution in [3.05, 3.63) is 41.5 Å². The summed E-state index contributed by atoms with van der Waals surface area (Å²) in [5.74, 6) is -0.883. The predicted octanol–water partition coefficient (Wildman–Crippen LogP) is 3.96. The maximum absolute atomic E-state index is 14.1. The van der Waals surface area contributed by atoms with Crippen LogP contribution in [0.3, 0.4) is 0 Å². The van der Waals surface area contributed by atoms with E-state index in [9.17, 15) is 17.6 Å². The molecule has 0 radical (unpaired) electrons. The van der Waals surface area contributed by atoms with Crippen molar-refractivity contribution in [2.45, 2.75) is 32.5 Å². The minimum Gasteiger partial charge on any atom is -0.463 e. The molecule has 4 rings (SSSR count). The number of fused-ring (bicyclic) bond motifs is 1. The summed E-state index contributed by atoms with van der Waals surface area (Å²) in [5.41, 5.74) is -0.803. The van der Waals surface area contributed by atoms with E-state index < -0.39 is 17.6 Å². The maximum atomic E-state index is 14.1. The third-order valence-corrected chi connectivity index (χ3v) is 5.72. The van der Waals surface area contributed by atoms with Gasteiger partial charge in [0.1, 0.15) is 5.82 Å². The molecule has 2 aromatic heterocycles. The minimum absolute atomic E-state index is 0.108. The molecule has 0 amide bonds. The van der Waals surface area contributed by atoms with Gasteiger partial charge in [-0.1, -0.05) is 25.5 Å². The molecule has 35 heavy (non-hydrogen) atoms. The molecule has 1 aliphatic heterocycles. The van der Waals surface area contributed by atoms with Crippen LogP contribution in [0.2, 0.25) is 0 Å². The zero-order valence-electron chi connectivity index (χ0n) is 19.4. The Bertz CT molecular complexity index is 1130. The van der Waals surface area contributed by atoms with Crippen LogP contribution in [0.15, 0.2) is 24.5 Å². The van der Waals surface area contributed by atoms with Gasteiger partial charge < -0.3 is 19.4 Å². The summed E-state index contributed by atoms with van der Waals surface area (Å²) >= 11 is 0. The first-order chi connectivity index (χ1) is 16.9. The molecule has 3 heterocycles. The second-order valence-electron chi connectivity index (χ2n) is 8.25. The number of benzene rings is 1. The Morgan fingerprint density at radius 3 is 2.71 bits per heavy atom. The highest BCUT2D eigenvalue weighted by atomic mass is 19.4. The summed E-state index contributed by atoms with van der Waals surface area (Å²) in [4.78, 5) is 15.4. The molecule has 1 aromatic carbocycles. The lowest BCUT2D eigenvalue weighted by Gasteiger charge is -2.26. The van der Waals surface area contributed by atoms with E-state index in [1.54, 1.807) is 0 Å². The van der Waals surface area contributed by atoms with Gasteiger partial charge in [0.2, 0.25) is 0 Å². The highest BCUT2D eigenvalue weighted by Gasteiger charge is 2.36. The van der Waals surface area contributed by atoms with Crippen molar-refractivity contribution in [2.75, 3.05) is 51.3 Å². The highest BCUT2D eigenvalue weighted by molar-refractivity contribution is 5.83. The van der Waals surface area contributed by atoms with Gasteiger partial charge >= 0.3 is 12.2 Å². The fraction of sp³-hybridized carbons (Fsp3) is 0.522. The number of nitrogens with one attached hydrogen (secondary N) is 1. The van der Waals surface area contributed by atoms with E-state index in [1.165, 1.54) is 23.0 Å². The Balaban J connectivity index is 1.62. The topological polar surface area (TPSA) is 77.3 Å². The van der Waals surface area contributed by atoms with Gasteiger partial charge in [0.15, 0.2) is 17.0 Å². The van der Waals surface area contributed by atoms with E-state index in [0.717, 1.165) is 38.5 Å². The number of hydrogen-bond donors (Lipinski definition) is 1. The fourth-order valence-electron chi connectivity index (χ4n) is 3.89. The molecule has 190 valence electrons. The number of rotatable bonds is 10. The lowest BCUT2D eigenvalue weighted by Crippen LogP contribution is -2.39. The molecule has 3 aromatic rings. The molecule has 1 saturated heterocycles. The summed E-state index contributed by atoms with van der Waals surface area (Å²) in [7, 11) is 0. The van der Waals surface area contributed by atoms with Gasteiger partial charge in [-0.15, -0.1) is 0 Å². The Hall–Kier alpha value is -2.99. The third-order valence-electron chi connectivity index (χ3n) is 5.72. The van der Waals surface area contributed by atoms with Crippen molar-refractivity contribution in [1.29, 1.82) is 0 Å². The van der Waals surface area contributed by atoms with Gasteiger partial charge in [-0.05, 0) is 18.1 Å². The van der Waals surface area contributed by atoms with E-state index in [2.05, 4.69) is 25.2 Å². The van der Waals surface area contributed by atoms with Crippen LogP contribution in [0.4, 0.5) is 23.4 Å². The molecular weight excluding hydrogens is 468 g/mol. The fourth-order valence-corrected chi connectivity index (χ4v) is 3.89. The van der Waals surface area contributed by atoms with Crippen LogP contribution in [0, 0.1) is 5.82 Å². The van der Waals surface area contributed by atoms with Crippen LogP contribution in [-0.4, -0.2) is 70.4 Å². The number of halogens is 4. The van der Waals surface area contributed by atoms with Crippen molar-refractivity contribution < 1.29 is 27.0 Å². The number of anilines is 1. The summed E-state index contributed by atoms with van der Waals surface area (Å²) in [6.45, 7) is 6.59. The molecule has 1 fully saturated rings. The molecule has 0 aliphatic carbocycles. The third kappa shape index (κ3) is 6.17. The SMILES string of the molecule is CCCCOc1nc(NCCN2CCOCC2)c2ncn(Cc3cccc(F)c3C(F)(F)F)c2n1. The average molecular weight is 497 g/mol. The Labute approximate surface area is 200 Å². The van der Waals surface area contributed by atoms with Crippen molar-refractivity contribution in [3.63, 3.8) is 0 Å². The molecule has 0 saturated carbocycles. The first-order valence-corrected chi connectivity index (χ1v) is 11.6. The van der Waals surface area contributed by atoms with Crippen molar-refractivity contribution in [2.24, 2.45) is 0 Å². The number of imidazole rings is 1. The van der Waals surface area contributed by atoms with Gasteiger partial charge in [-0.3, -0.25) is 4.90 Å². The van der Waals surface area contributed by atoms with E-state index in [-0.39, 0.29) is 18.1 Å². The van der Waals surface area contributed by atoms with E-state index in [0.29, 0.717) is 43.3 Å². The minimum atomic E-state index is -4.83. The van der Waals surface area contributed by atoms with Gasteiger partial charge in [0.05, 0.1) is 38.3 Å². The Kier molecular flexibility index (Phi) is 8.01. The van der Waals surface area contributed by atoms with Crippen LogP contribution >= 0.6 is 0 Å². The monoisotopic (exact) mass is 496 g/mol. The second-order valence-corrected chi connectivity index (χ2v) is 8.25. The van der Waals surface area contributed by atoms with Crippen LogP contribution < -0.4 is 10.1 Å². The summed E-state index contributed by atoms with van der Waals surface area (Å²) < 4.78 is 67.1. The second kappa shape index (κ2) is 11.2. The number of alkyl halides is 3. The summed E-state index contributed by atoms with van der Waals surface area (Å²) in [6, 6.07) is 3.42. The largest absolute Gasteiger partial charge is 0.463 e. The Morgan fingerprint density at radius 2 is 1.97 bits per heavy atom. The standard InChI is InChI=1S/C23H28F4N6O2/c1-2-3-11-35-22-30-20(28-7-8-32-9-12-34-13-10-32)19-21(31-22)33(15-29-19)14-16-5-4-6-17(24)18(16)23(25,26)27/h4-6,15H,2-3,7-14H2,1H3,(H,28,30,31). The molecule has 8 nitrogen and oxygen atoms in total. The quantitative estimate of drug-likeness (QED) is 0.336. The van der Waals surface area contributed by atoms with Crippen LogP contribution in [0.1, 0.15) is 30.9 Å². The van der Waals surface area contributed by atoms with Crippen molar-refractivity contribution in [1.82, 2.24) is 24.4 Å². The van der Waals surface area contributed by atoms with Crippen molar-refractivity contribution in [3.8, 4) is 6.01 Å². The number of nitrogens with zero attached hydrogens (tertiary/aromatic N) is 5. The normalized spacial score (nSPS) is 15.0. The smallest absolute Gasteiger partial charge is 0.419 e. The zero-order chi connectivity index (χ0) is 24.8. The number of ether oxygens (including phenoxy) is 2.